The molecular formula is C13H17F4NO2. The van der Waals surface area contributed by atoms with Crippen LogP contribution in [-0.2, 0) is 0 Å². The van der Waals surface area contributed by atoms with Crippen LogP contribution in [0.2, 0.25) is 0 Å². The van der Waals surface area contributed by atoms with Gasteiger partial charge in [0.2, 0.25) is 11.6 Å². The van der Waals surface area contributed by atoms with E-state index in [-0.39, 0.29) is 31.7 Å². The number of rotatable bonds is 8. The van der Waals surface area contributed by atoms with E-state index in [1.165, 1.54) is 0 Å². The summed E-state index contributed by atoms with van der Waals surface area (Å²) in [5.41, 5.74) is 0. The van der Waals surface area contributed by atoms with Gasteiger partial charge in [0.1, 0.15) is 0 Å². The van der Waals surface area contributed by atoms with Crippen LogP contribution < -0.4 is 10.1 Å². The third kappa shape index (κ3) is 4.35. The molecule has 1 atom stereocenters. The van der Waals surface area contributed by atoms with Crippen molar-refractivity contribution in [2.75, 3.05) is 19.8 Å². The monoisotopic (exact) mass is 295 g/mol. The van der Waals surface area contributed by atoms with Gasteiger partial charge in [0.25, 0.3) is 0 Å². The number of benzene rings is 1. The van der Waals surface area contributed by atoms with Crippen LogP contribution in [0, 0.1) is 23.3 Å². The molecule has 7 heteroatoms. The topological polar surface area (TPSA) is 41.5 Å². The summed E-state index contributed by atoms with van der Waals surface area (Å²) < 4.78 is 57.2. The van der Waals surface area contributed by atoms with E-state index in [2.05, 4.69) is 5.32 Å². The Morgan fingerprint density at radius 1 is 1.20 bits per heavy atom. The fourth-order valence-corrected chi connectivity index (χ4v) is 1.59. The molecule has 0 fully saturated rings. The number of halogens is 4. The van der Waals surface area contributed by atoms with E-state index in [4.69, 9.17) is 9.84 Å². The molecule has 20 heavy (non-hydrogen) atoms. The highest BCUT2D eigenvalue weighted by Crippen LogP contribution is 2.26. The van der Waals surface area contributed by atoms with Crippen molar-refractivity contribution >= 4 is 0 Å². The van der Waals surface area contributed by atoms with Gasteiger partial charge in [-0.2, -0.15) is 8.78 Å². The summed E-state index contributed by atoms with van der Waals surface area (Å²) in [6.07, 6.45) is 1.10. The Hall–Kier alpha value is -1.34. The number of ether oxygens (including phenoxy) is 1. The van der Waals surface area contributed by atoms with Crippen LogP contribution >= 0.6 is 0 Å². The molecular weight excluding hydrogens is 278 g/mol. The third-order valence-corrected chi connectivity index (χ3v) is 2.69. The molecule has 0 aliphatic carbocycles. The second kappa shape index (κ2) is 8.06. The van der Waals surface area contributed by atoms with Gasteiger partial charge in [-0.05, 0) is 19.4 Å². The fraction of sp³-hybridized carbons (Fsp3) is 0.538. The minimum absolute atomic E-state index is 0.122. The van der Waals surface area contributed by atoms with E-state index in [0.717, 1.165) is 6.42 Å². The van der Waals surface area contributed by atoms with Crippen molar-refractivity contribution in [2.24, 2.45) is 0 Å². The summed E-state index contributed by atoms with van der Waals surface area (Å²) in [5, 5.41) is 12.1. The van der Waals surface area contributed by atoms with Gasteiger partial charge in [-0.15, -0.1) is 0 Å². The van der Waals surface area contributed by atoms with Crippen LogP contribution in [-0.4, -0.2) is 30.9 Å². The van der Waals surface area contributed by atoms with Crippen LogP contribution in [0.15, 0.2) is 6.07 Å². The summed E-state index contributed by atoms with van der Waals surface area (Å²) in [6.45, 7) is 2.26. The highest BCUT2D eigenvalue weighted by Gasteiger charge is 2.20. The highest BCUT2D eigenvalue weighted by molar-refractivity contribution is 5.28. The number of aliphatic hydroxyl groups excluding tert-OH is 1. The Kier molecular flexibility index (Phi) is 6.74. The average molecular weight is 295 g/mol. The SMILES string of the molecule is CCCNC(CO)CCOc1c(F)c(F)cc(F)c1F. The first-order chi connectivity index (χ1) is 9.51. The minimum atomic E-state index is -1.56. The molecule has 114 valence electrons. The standard InChI is InChI=1S/C13H17F4NO2/c1-2-4-18-8(7-19)3-5-20-13-11(16)9(14)6-10(15)12(13)17/h6,8,18-19H,2-5,7H2,1H3. The molecule has 1 aromatic carbocycles. The van der Waals surface area contributed by atoms with Crippen molar-refractivity contribution in [3.63, 3.8) is 0 Å². The molecule has 0 saturated carbocycles. The largest absolute Gasteiger partial charge is 0.487 e. The Morgan fingerprint density at radius 2 is 1.80 bits per heavy atom. The van der Waals surface area contributed by atoms with E-state index in [1.807, 2.05) is 6.92 Å². The summed E-state index contributed by atoms with van der Waals surface area (Å²) in [7, 11) is 0. The normalized spacial score (nSPS) is 12.5. The summed E-state index contributed by atoms with van der Waals surface area (Å²) in [4.78, 5) is 0. The molecule has 1 aromatic rings. The van der Waals surface area contributed by atoms with E-state index in [0.29, 0.717) is 6.54 Å². The van der Waals surface area contributed by atoms with Gasteiger partial charge in [0.05, 0.1) is 13.2 Å². The molecule has 1 rings (SSSR count). The molecule has 0 aromatic heterocycles. The molecule has 0 bridgehead atoms. The van der Waals surface area contributed by atoms with Gasteiger partial charge in [-0.3, -0.25) is 0 Å². The molecule has 0 spiro atoms. The van der Waals surface area contributed by atoms with Crippen molar-refractivity contribution in [1.82, 2.24) is 5.32 Å². The maximum Gasteiger partial charge on any atom is 0.203 e. The summed E-state index contributed by atoms with van der Waals surface area (Å²) >= 11 is 0. The van der Waals surface area contributed by atoms with Crippen LogP contribution in [0.5, 0.6) is 5.75 Å². The lowest BCUT2D eigenvalue weighted by atomic mass is 10.2. The zero-order chi connectivity index (χ0) is 15.1. The van der Waals surface area contributed by atoms with Crippen molar-refractivity contribution in [3.05, 3.63) is 29.3 Å². The van der Waals surface area contributed by atoms with Crippen molar-refractivity contribution in [1.29, 1.82) is 0 Å². The minimum Gasteiger partial charge on any atom is -0.487 e. The predicted molar refractivity (Wildman–Crippen MR) is 65.6 cm³/mol. The predicted octanol–water partition coefficient (Wildman–Crippen LogP) is 2.37. The first kappa shape index (κ1) is 16.7. The third-order valence-electron chi connectivity index (χ3n) is 2.69. The zero-order valence-electron chi connectivity index (χ0n) is 11.1. The van der Waals surface area contributed by atoms with E-state index >= 15 is 0 Å². The van der Waals surface area contributed by atoms with Crippen molar-refractivity contribution < 1.29 is 27.4 Å². The second-order valence-electron chi connectivity index (χ2n) is 4.27. The molecule has 2 N–H and O–H groups in total. The molecule has 0 aliphatic heterocycles. The molecule has 0 saturated heterocycles. The van der Waals surface area contributed by atoms with E-state index < -0.39 is 29.0 Å². The number of hydrogen-bond acceptors (Lipinski definition) is 3. The Labute approximate surface area is 114 Å². The fourth-order valence-electron chi connectivity index (χ4n) is 1.59. The first-order valence-electron chi connectivity index (χ1n) is 6.31. The van der Waals surface area contributed by atoms with Gasteiger partial charge < -0.3 is 15.2 Å². The molecule has 1 unspecified atom stereocenters. The number of aliphatic hydroxyl groups is 1. The quantitative estimate of drug-likeness (QED) is 0.571. The Balaban J connectivity index is 2.61. The highest BCUT2D eigenvalue weighted by atomic mass is 19.2. The lowest BCUT2D eigenvalue weighted by Crippen LogP contribution is -2.34. The van der Waals surface area contributed by atoms with Gasteiger partial charge in [0, 0.05) is 12.1 Å². The van der Waals surface area contributed by atoms with Crippen LogP contribution in [0.4, 0.5) is 17.6 Å². The van der Waals surface area contributed by atoms with Crippen LogP contribution in [0.25, 0.3) is 0 Å². The summed E-state index contributed by atoms with van der Waals surface area (Å²) in [5.74, 6) is -7.23. The zero-order valence-corrected chi connectivity index (χ0v) is 11.1. The number of nitrogens with one attached hydrogen (secondary N) is 1. The van der Waals surface area contributed by atoms with Gasteiger partial charge in [-0.1, -0.05) is 6.92 Å². The first-order valence-corrected chi connectivity index (χ1v) is 6.31. The maximum atomic E-state index is 13.3. The molecule has 0 aliphatic rings. The van der Waals surface area contributed by atoms with Gasteiger partial charge >= 0.3 is 0 Å². The average Bonchev–Trinajstić information content (AvgIpc) is 2.43. The van der Waals surface area contributed by atoms with Gasteiger partial charge in [-0.25, -0.2) is 8.78 Å². The molecule has 3 nitrogen and oxygen atoms in total. The Bertz CT molecular complexity index is 417. The van der Waals surface area contributed by atoms with E-state index in [9.17, 15) is 17.6 Å². The van der Waals surface area contributed by atoms with Crippen molar-refractivity contribution in [3.8, 4) is 5.75 Å². The summed E-state index contributed by atoms with van der Waals surface area (Å²) in [6, 6.07) is -0.184. The lowest BCUT2D eigenvalue weighted by molar-refractivity contribution is 0.200. The van der Waals surface area contributed by atoms with Crippen LogP contribution in [0.3, 0.4) is 0 Å². The van der Waals surface area contributed by atoms with Crippen LogP contribution in [0.1, 0.15) is 19.8 Å². The molecule has 0 amide bonds. The van der Waals surface area contributed by atoms with Crippen molar-refractivity contribution in [2.45, 2.75) is 25.8 Å². The second-order valence-corrected chi connectivity index (χ2v) is 4.27. The molecule has 0 radical (unpaired) electrons. The maximum absolute atomic E-state index is 13.3. The smallest absolute Gasteiger partial charge is 0.203 e. The Morgan fingerprint density at radius 3 is 2.30 bits per heavy atom. The molecule has 0 heterocycles. The van der Waals surface area contributed by atoms with E-state index in [1.54, 1.807) is 0 Å². The lowest BCUT2D eigenvalue weighted by Gasteiger charge is -2.16. The van der Waals surface area contributed by atoms with Gasteiger partial charge in [0.15, 0.2) is 17.4 Å². The number of hydrogen-bond donors (Lipinski definition) is 2.